The fourth-order valence-electron chi connectivity index (χ4n) is 3.96. The van der Waals surface area contributed by atoms with Gasteiger partial charge in [0.1, 0.15) is 12.4 Å². The summed E-state index contributed by atoms with van der Waals surface area (Å²) in [7, 11) is 0. The maximum Gasteiger partial charge on any atom is 0.220 e. The molecule has 3 aromatic rings. The van der Waals surface area contributed by atoms with E-state index in [1.165, 1.54) is 0 Å². The van der Waals surface area contributed by atoms with Crippen LogP contribution in [0.3, 0.4) is 0 Å². The second-order valence-electron chi connectivity index (χ2n) is 7.95. The number of benzene rings is 1. The lowest BCUT2D eigenvalue weighted by molar-refractivity contribution is -0.122. The zero-order chi connectivity index (χ0) is 21.3. The summed E-state index contributed by atoms with van der Waals surface area (Å²) in [6.07, 6.45) is 5.79. The van der Waals surface area contributed by atoms with Gasteiger partial charge >= 0.3 is 0 Å². The molecule has 0 spiro atoms. The number of piperidine rings is 1. The molecule has 1 aromatic carbocycles. The molecule has 162 valence electrons. The number of carbonyl (C=O) groups excluding carboxylic acids is 1. The fraction of sp³-hybridized carbons (Fsp3) is 0.375. The fourth-order valence-corrected chi connectivity index (χ4v) is 3.96. The molecular weight excluding hydrogens is 392 g/mol. The molecule has 2 N–H and O–H groups in total. The van der Waals surface area contributed by atoms with Crippen LogP contribution >= 0.6 is 0 Å². The summed E-state index contributed by atoms with van der Waals surface area (Å²) in [5.41, 5.74) is 1.91. The van der Waals surface area contributed by atoms with E-state index in [0.29, 0.717) is 37.2 Å². The van der Waals surface area contributed by atoms with Crippen LogP contribution in [0.2, 0.25) is 0 Å². The Hall–Kier alpha value is -3.19. The summed E-state index contributed by atoms with van der Waals surface area (Å²) in [5.74, 6) is 2.24. The van der Waals surface area contributed by atoms with Crippen molar-refractivity contribution in [2.75, 3.05) is 13.1 Å². The summed E-state index contributed by atoms with van der Waals surface area (Å²) < 4.78 is 11.2. The Kier molecular flexibility index (Phi) is 7.28. The Balaban J connectivity index is 1.27. The monoisotopic (exact) mass is 420 g/mol. The largest absolute Gasteiger partial charge is 0.486 e. The molecule has 1 aliphatic rings. The predicted molar refractivity (Wildman–Crippen MR) is 116 cm³/mol. The van der Waals surface area contributed by atoms with Crippen LogP contribution in [0.25, 0.3) is 0 Å². The predicted octanol–water partition coefficient (Wildman–Crippen LogP) is 3.12. The van der Waals surface area contributed by atoms with Crippen molar-refractivity contribution in [2.45, 2.75) is 32.4 Å². The first kappa shape index (κ1) is 21.1. The van der Waals surface area contributed by atoms with Gasteiger partial charge in [-0.25, -0.2) is 0 Å². The number of nitrogens with one attached hydrogen (secondary N) is 2. The Bertz CT molecular complexity index is 946. The molecule has 4 rings (SSSR count). The highest BCUT2D eigenvalue weighted by atomic mass is 16.5. The van der Waals surface area contributed by atoms with Crippen molar-refractivity contribution in [3.8, 4) is 5.75 Å². The van der Waals surface area contributed by atoms with Crippen LogP contribution in [-0.2, 0) is 24.4 Å². The van der Waals surface area contributed by atoms with Gasteiger partial charge in [-0.2, -0.15) is 0 Å². The van der Waals surface area contributed by atoms with Gasteiger partial charge in [0, 0.05) is 31.4 Å². The third-order valence-electron chi connectivity index (χ3n) is 5.63. The molecule has 2 aromatic heterocycles. The average molecular weight is 421 g/mol. The first-order valence-electron chi connectivity index (χ1n) is 10.7. The summed E-state index contributed by atoms with van der Waals surface area (Å²) in [6, 6.07) is 15.4. The smallest absolute Gasteiger partial charge is 0.220 e. The van der Waals surface area contributed by atoms with Crippen LogP contribution in [-0.4, -0.2) is 29.1 Å². The van der Waals surface area contributed by atoms with Crippen molar-refractivity contribution >= 4 is 5.91 Å². The molecule has 0 saturated carbocycles. The highest BCUT2D eigenvalue weighted by molar-refractivity contribution is 5.76. The van der Waals surface area contributed by atoms with E-state index in [-0.39, 0.29) is 5.91 Å². The minimum atomic E-state index is 0.0813. The summed E-state index contributed by atoms with van der Waals surface area (Å²) in [4.78, 5) is 16.6. The Morgan fingerprint density at radius 2 is 2.10 bits per heavy atom. The molecule has 0 unspecified atom stereocenters. The van der Waals surface area contributed by atoms with Crippen molar-refractivity contribution in [1.29, 1.82) is 0 Å². The first-order chi connectivity index (χ1) is 15.3. The van der Waals surface area contributed by atoms with Gasteiger partial charge in [0.2, 0.25) is 5.91 Å². The number of nitrogens with zero attached hydrogens (tertiary/aromatic N) is 2. The van der Waals surface area contributed by atoms with Crippen molar-refractivity contribution in [1.82, 2.24) is 20.8 Å². The topological polar surface area (TPSA) is 89.3 Å². The van der Waals surface area contributed by atoms with Crippen LogP contribution in [0.5, 0.6) is 5.75 Å². The van der Waals surface area contributed by atoms with Crippen molar-refractivity contribution in [2.24, 2.45) is 11.8 Å². The minimum Gasteiger partial charge on any atom is -0.486 e. The number of pyridine rings is 1. The molecule has 7 heteroatoms. The van der Waals surface area contributed by atoms with E-state index >= 15 is 0 Å². The lowest BCUT2D eigenvalue weighted by Crippen LogP contribution is -2.40. The van der Waals surface area contributed by atoms with Gasteiger partial charge < -0.3 is 19.9 Å². The maximum absolute atomic E-state index is 12.5. The normalized spacial score (nSPS) is 18.5. The minimum absolute atomic E-state index is 0.0813. The van der Waals surface area contributed by atoms with Gasteiger partial charge in [0.15, 0.2) is 5.76 Å². The molecule has 0 radical (unpaired) electrons. The van der Waals surface area contributed by atoms with Gasteiger partial charge in [0.05, 0.1) is 5.69 Å². The van der Waals surface area contributed by atoms with E-state index in [1.54, 1.807) is 12.4 Å². The number of hydrogen-bond acceptors (Lipinski definition) is 6. The lowest BCUT2D eigenvalue weighted by atomic mass is 9.81. The van der Waals surface area contributed by atoms with Crippen molar-refractivity contribution < 1.29 is 14.1 Å². The number of amides is 1. The zero-order valence-corrected chi connectivity index (χ0v) is 17.5. The number of ether oxygens (including phenoxy) is 1. The first-order valence-corrected chi connectivity index (χ1v) is 10.7. The summed E-state index contributed by atoms with van der Waals surface area (Å²) in [5, 5.41) is 10.7. The van der Waals surface area contributed by atoms with Gasteiger partial charge in [-0.3, -0.25) is 9.78 Å². The van der Waals surface area contributed by atoms with Crippen LogP contribution in [0, 0.1) is 11.8 Å². The number of para-hydroxylation sites is 1. The van der Waals surface area contributed by atoms with Crippen LogP contribution in [0.4, 0.5) is 0 Å². The van der Waals surface area contributed by atoms with E-state index < -0.39 is 0 Å². The molecule has 1 aliphatic heterocycles. The van der Waals surface area contributed by atoms with E-state index in [0.717, 1.165) is 42.9 Å². The molecule has 3 heterocycles. The van der Waals surface area contributed by atoms with Crippen molar-refractivity contribution in [3.05, 3.63) is 77.9 Å². The quantitative estimate of drug-likeness (QED) is 0.553. The Labute approximate surface area is 182 Å². The average Bonchev–Trinajstić information content (AvgIpc) is 3.26. The lowest BCUT2D eigenvalue weighted by Gasteiger charge is -2.31. The molecule has 0 aliphatic carbocycles. The number of aromatic nitrogens is 2. The molecule has 1 saturated heterocycles. The second kappa shape index (κ2) is 10.7. The maximum atomic E-state index is 12.5. The number of hydrogen-bond donors (Lipinski definition) is 2. The van der Waals surface area contributed by atoms with Gasteiger partial charge in [0.25, 0.3) is 0 Å². The number of rotatable bonds is 9. The number of carbonyl (C=O) groups is 1. The van der Waals surface area contributed by atoms with Crippen LogP contribution < -0.4 is 15.4 Å². The van der Waals surface area contributed by atoms with Crippen molar-refractivity contribution in [3.63, 3.8) is 0 Å². The molecule has 31 heavy (non-hydrogen) atoms. The standard InChI is InChI=1S/C24H28N4O3/c29-24(27-15-18-5-4-9-25-14-18)12-19-8-10-26-16-20(19)11-21-13-23(31-28-21)17-30-22-6-2-1-3-7-22/h1-7,9,13-14,19-20,26H,8,10-12,15-17H2,(H,27,29)/t19-,20+/m0/s1. The van der Waals surface area contributed by atoms with Crippen LogP contribution in [0.15, 0.2) is 65.4 Å². The summed E-state index contributed by atoms with van der Waals surface area (Å²) in [6.45, 7) is 2.67. The Morgan fingerprint density at radius 3 is 2.94 bits per heavy atom. The third-order valence-corrected chi connectivity index (χ3v) is 5.63. The molecule has 1 fully saturated rings. The SMILES string of the molecule is O=C(C[C@@H]1CCNC[C@H]1Cc1cc(COc2ccccc2)on1)NCc1cccnc1. The Morgan fingerprint density at radius 1 is 1.19 bits per heavy atom. The molecular formula is C24H28N4O3. The van der Waals surface area contributed by atoms with Gasteiger partial charge in [-0.05, 0) is 61.5 Å². The van der Waals surface area contributed by atoms with E-state index in [1.807, 2.05) is 48.5 Å². The molecule has 1 amide bonds. The molecule has 0 bridgehead atoms. The summed E-state index contributed by atoms with van der Waals surface area (Å²) >= 11 is 0. The zero-order valence-electron chi connectivity index (χ0n) is 17.5. The molecule has 2 atom stereocenters. The van der Waals surface area contributed by atoms with Gasteiger partial charge in [-0.1, -0.05) is 29.4 Å². The third kappa shape index (κ3) is 6.39. The second-order valence-corrected chi connectivity index (χ2v) is 7.95. The highest BCUT2D eigenvalue weighted by Gasteiger charge is 2.28. The van der Waals surface area contributed by atoms with Crippen LogP contribution in [0.1, 0.15) is 29.9 Å². The highest BCUT2D eigenvalue weighted by Crippen LogP contribution is 2.26. The van der Waals surface area contributed by atoms with E-state index in [4.69, 9.17) is 9.26 Å². The van der Waals surface area contributed by atoms with Gasteiger partial charge in [-0.15, -0.1) is 0 Å². The van der Waals surface area contributed by atoms with E-state index in [2.05, 4.69) is 20.8 Å². The van der Waals surface area contributed by atoms with E-state index in [9.17, 15) is 4.79 Å². The molecule has 7 nitrogen and oxygen atoms in total.